The van der Waals surface area contributed by atoms with Gasteiger partial charge in [0.15, 0.2) is 0 Å². The van der Waals surface area contributed by atoms with Crippen molar-refractivity contribution in [2.24, 2.45) is 0 Å². The second kappa shape index (κ2) is 3.78. The van der Waals surface area contributed by atoms with E-state index < -0.39 is 0 Å². The molecule has 0 amide bonds. The summed E-state index contributed by atoms with van der Waals surface area (Å²) in [6.45, 7) is 2.02. The molecular formula is C8H9GeO2. The zero-order chi connectivity index (χ0) is 8.27. The van der Waals surface area contributed by atoms with Crippen molar-refractivity contribution in [3.8, 4) is 5.75 Å². The van der Waals surface area contributed by atoms with Gasteiger partial charge in [0.2, 0.25) is 0 Å². The molecule has 0 aromatic heterocycles. The van der Waals surface area contributed by atoms with Crippen molar-refractivity contribution in [3.63, 3.8) is 0 Å². The van der Waals surface area contributed by atoms with E-state index in [0.29, 0.717) is 0 Å². The fourth-order valence-corrected chi connectivity index (χ4v) is 1.35. The first-order valence-electron chi connectivity index (χ1n) is 3.32. The summed E-state index contributed by atoms with van der Waals surface area (Å²) in [5.74, 6) is 0.748. The average molecular weight is 210 g/mol. The molecule has 0 bridgehead atoms. The average Bonchev–Trinajstić information content (AvgIpc) is 2.04. The molecule has 11 heavy (non-hydrogen) atoms. The van der Waals surface area contributed by atoms with Crippen molar-refractivity contribution in [1.82, 2.24) is 0 Å². The van der Waals surface area contributed by atoms with Gasteiger partial charge in [0.05, 0.1) is 0 Å². The SMILES string of the molecule is Cc1ccc([O][Ge])c(CO)c1. The normalized spacial score (nSPS) is 9.73. The molecular weight excluding hydrogens is 201 g/mol. The first-order valence-corrected chi connectivity index (χ1v) is 4.17. The van der Waals surface area contributed by atoms with E-state index in [9.17, 15) is 0 Å². The van der Waals surface area contributed by atoms with Crippen LogP contribution in [0.25, 0.3) is 0 Å². The van der Waals surface area contributed by atoms with Gasteiger partial charge in [0.25, 0.3) is 0 Å². The van der Waals surface area contributed by atoms with Crippen LogP contribution in [0.2, 0.25) is 0 Å². The summed E-state index contributed by atoms with van der Waals surface area (Å²) < 4.78 is 5.03. The van der Waals surface area contributed by atoms with Crippen molar-refractivity contribution in [1.29, 1.82) is 0 Å². The van der Waals surface area contributed by atoms with Crippen LogP contribution in [0, 0.1) is 6.92 Å². The summed E-state index contributed by atoms with van der Waals surface area (Å²) in [6.07, 6.45) is 0. The molecule has 1 N–H and O–H groups in total. The summed E-state index contributed by atoms with van der Waals surface area (Å²) in [5, 5.41) is 8.89. The molecule has 0 spiro atoms. The molecule has 3 radical (unpaired) electrons. The Kier molecular flexibility index (Phi) is 2.96. The Morgan fingerprint density at radius 3 is 2.82 bits per heavy atom. The quantitative estimate of drug-likeness (QED) is 0.736. The number of aliphatic hydroxyl groups is 1. The van der Waals surface area contributed by atoms with Gasteiger partial charge in [-0.05, 0) is 0 Å². The molecule has 0 heterocycles. The zero-order valence-electron chi connectivity index (χ0n) is 6.29. The second-order valence-electron chi connectivity index (χ2n) is 2.37. The molecule has 0 saturated carbocycles. The maximum atomic E-state index is 8.89. The molecule has 0 fully saturated rings. The van der Waals surface area contributed by atoms with Gasteiger partial charge < -0.3 is 0 Å². The number of hydrogen-bond acceptors (Lipinski definition) is 2. The third-order valence-electron chi connectivity index (χ3n) is 1.50. The Morgan fingerprint density at radius 2 is 2.27 bits per heavy atom. The number of rotatable bonds is 2. The van der Waals surface area contributed by atoms with E-state index in [-0.39, 0.29) is 6.61 Å². The summed E-state index contributed by atoms with van der Waals surface area (Å²) >= 11 is 1.60. The minimum absolute atomic E-state index is 0.0326. The van der Waals surface area contributed by atoms with Crippen LogP contribution in [0.15, 0.2) is 18.2 Å². The van der Waals surface area contributed by atoms with Crippen LogP contribution in [0.4, 0.5) is 0 Å². The Morgan fingerprint density at radius 1 is 1.55 bits per heavy atom. The molecule has 2 nitrogen and oxygen atoms in total. The van der Waals surface area contributed by atoms with Gasteiger partial charge in [-0.25, -0.2) is 0 Å². The van der Waals surface area contributed by atoms with Gasteiger partial charge in [-0.15, -0.1) is 0 Å². The van der Waals surface area contributed by atoms with Crippen LogP contribution in [0.1, 0.15) is 11.1 Å². The molecule has 0 atom stereocenters. The summed E-state index contributed by atoms with van der Waals surface area (Å²) in [6, 6.07) is 5.73. The van der Waals surface area contributed by atoms with Crippen LogP contribution < -0.4 is 3.76 Å². The van der Waals surface area contributed by atoms with Gasteiger partial charge in [0.1, 0.15) is 0 Å². The molecule has 0 unspecified atom stereocenters. The molecule has 1 aromatic carbocycles. The van der Waals surface area contributed by atoms with E-state index in [2.05, 4.69) is 0 Å². The third-order valence-corrected chi connectivity index (χ3v) is 1.96. The predicted octanol–water partition coefficient (Wildman–Crippen LogP) is 0.950. The second-order valence-corrected chi connectivity index (χ2v) is 2.80. The van der Waals surface area contributed by atoms with Crippen LogP contribution >= 0.6 is 0 Å². The topological polar surface area (TPSA) is 29.5 Å². The number of hydrogen-bond donors (Lipinski definition) is 1. The Hall–Kier alpha value is -0.477. The standard InChI is InChI=1S/C8H9GeO2/c1-6-2-3-8(11-9)7(4-6)5-10/h2-4,10H,5H2,1H3. The molecule has 0 saturated heterocycles. The monoisotopic (exact) mass is 211 g/mol. The van der Waals surface area contributed by atoms with Gasteiger partial charge >= 0.3 is 74.3 Å². The van der Waals surface area contributed by atoms with Crippen molar-refractivity contribution >= 4 is 16.9 Å². The summed E-state index contributed by atoms with van der Waals surface area (Å²) in [4.78, 5) is 0. The molecule has 57 valence electrons. The molecule has 1 aromatic rings. The minimum atomic E-state index is 0.0326. The fourth-order valence-electron chi connectivity index (χ4n) is 0.931. The van der Waals surface area contributed by atoms with Gasteiger partial charge in [-0.3, -0.25) is 0 Å². The maximum absolute atomic E-state index is 8.89. The molecule has 0 aliphatic carbocycles. The third kappa shape index (κ3) is 1.97. The Balaban J connectivity index is 3.06. The number of benzene rings is 1. The van der Waals surface area contributed by atoms with E-state index in [1.54, 1.807) is 16.9 Å². The van der Waals surface area contributed by atoms with Crippen LogP contribution in [-0.2, 0) is 6.61 Å². The Labute approximate surface area is 74.8 Å². The molecule has 0 aliphatic rings. The molecule has 3 heteroatoms. The van der Waals surface area contributed by atoms with Crippen LogP contribution in [-0.4, -0.2) is 22.0 Å². The van der Waals surface area contributed by atoms with E-state index in [1.807, 2.05) is 25.1 Å². The first-order chi connectivity index (χ1) is 5.27. The number of aliphatic hydroxyl groups excluding tert-OH is 1. The zero-order valence-corrected chi connectivity index (χ0v) is 8.39. The van der Waals surface area contributed by atoms with E-state index >= 15 is 0 Å². The molecule has 1 rings (SSSR count). The van der Waals surface area contributed by atoms with E-state index in [0.717, 1.165) is 16.9 Å². The summed E-state index contributed by atoms with van der Waals surface area (Å²) in [5.41, 5.74) is 1.97. The predicted molar refractivity (Wildman–Crippen MR) is 43.5 cm³/mol. The fraction of sp³-hybridized carbons (Fsp3) is 0.250. The molecule has 0 aliphatic heterocycles. The van der Waals surface area contributed by atoms with Crippen LogP contribution in [0.3, 0.4) is 0 Å². The van der Waals surface area contributed by atoms with Gasteiger partial charge in [0, 0.05) is 0 Å². The first kappa shape index (κ1) is 8.62. The van der Waals surface area contributed by atoms with Crippen molar-refractivity contribution < 1.29 is 8.87 Å². The van der Waals surface area contributed by atoms with Gasteiger partial charge in [-0.1, -0.05) is 0 Å². The van der Waals surface area contributed by atoms with Crippen molar-refractivity contribution in [3.05, 3.63) is 29.3 Å². The van der Waals surface area contributed by atoms with Gasteiger partial charge in [-0.2, -0.15) is 0 Å². The summed E-state index contributed by atoms with van der Waals surface area (Å²) in [7, 11) is 0. The van der Waals surface area contributed by atoms with Crippen molar-refractivity contribution in [2.75, 3.05) is 0 Å². The van der Waals surface area contributed by atoms with E-state index in [1.165, 1.54) is 0 Å². The van der Waals surface area contributed by atoms with E-state index in [4.69, 9.17) is 8.87 Å². The Bertz CT molecular complexity index is 248. The number of aryl methyl sites for hydroxylation is 1. The van der Waals surface area contributed by atoms with Crippen LogP contribution in [0.5, 0.6) is 5.75 Å². The van der Waals surface area contributed by atoms with Crippen molar-refractivity contribution in [2.45, 2.75) is 13.5 Å².